The lowest BCUT2D eigenvalue weighted by Gasteiger charge is -2.09. The number of carbonyl (C=O) groups excluding carboxylic acids is 1. The first-order valence-electron chi connectivity index (χ1n) is 4.96. The smallest absolute Gasteiger partial charge is 0.255 e. The van der Waals surface area contributed by atoms with E-state index in [1.54, 1.807) is 24.5 Å². The summed E-state index contributed by atoms with van der Waals surface area (Å²) < 4.78 is 16.8. The molecule has 0 aliphatic heterocycles. The summed E-state index contributed by atoms with van der Waals surface area (Å²) >= 11 is 3.31. The van der Waals surface area contributed by atoms with Crippen LogP contribution in [0.4, 0.5) is 0 Å². The highest BCUT2D eigenvalue weighted by Crippen LogP contribution is 2.23. The van der Waals surface area contributed by atoms with E-state index in [0.29, 0.717) is 23.6 Å². The largest absolute Gasteiger partial charge is 0.496 e. The Bertz CT molecular complexity index is 437. The van der Waals surface area contributed by atoms with E-state index in [2.05, 4.69) is 21.2 Å². The normalized spacial score (nSPS) is 11.9. The summed E-state index contributed by atoms with van der Waals surface area (Å²) in [6.07, 6.45) is 1.60. The molecule has 0 saturated heterocycles. The van der Waals surface area contributed by atoms with E-state index >= 15 is 0 Å². The lowest BCUT2D eigenvalue weighted by atomic mass is 10.2. The third-order valence-corrected chi connectivity index (χ3v) is 3.36. The summed E-state index contributed by atoms with van der Waals surface area (Å²) in [6.45, 7) is 0.390. The van der Waals surface area contributed by atoms with Crippen LogP contribution in [-0.2, 0) is 10.8 Å². The Morgan fingerprint density at radius 2 is 2.24 bits per heavy atom. The molecule has 0 aliphatic carbocycles. The molecule has 94 valence electrons. The predicted molar refractivity (Wildman–Crippen MR) is 72.0 cm³/mol. The third kappa shape index (κ3) is 4.47. The van der Waals surface area contributed by atoms with Gasteiger partial charge < -0.3 is 10.1 Å². The van der Waals surface area contributed by atoms with Gasteiger partial charge in [0.2, 0.25) is 0 Å². The number of benzene rings is 1. The molecule has 1 atom stereocenters. The van der Waals surface area contributed by atoms with Gasteiger partial charge in [-0.1, -0.05) is 15.9 Å². The Hall–Kier alpha value is -0.880. The average Bonchev–Trinajstić information content (AvgIpc) is 2.28. The van der Waals surface area contributed by atoms with Gasteiger partial charge in [-0.3, -0.25) is 9.00 Å². The number of halogens is 1. The zero-order valence-electron chi connectivity index (χ0n) is 9.66. The molecule has 1 rings (SSSR count). The summed E-state index contributed by atoms with van der Waals surface area (Å²) in [6, 6.07) is 5.18. The van der Waals surface area contributed by atoms with Gasteiger partial charge in [0.15, 0.2) is 0 Å². The molecular weight excluding hydrogens is 306 g/mol. The minimum atomic E-state index is -0.903. The van der Waals surface area contributed by atoms with E-state index in [1.807, 2.05) is 0 Å². The summed E-state index contributed by atoms with van der Waals surface area (Å²) in [7, 11) is 0.611. The topological polar surface area (TPSA) is 55.4 Å². The Balaban J connectivity index is 2.71. The second-order valence-corrected chi connectivity index (χ2v) is 5.85. The summed E-state index contributed by atoms with van der Waals surface area (Å²) in [5.74, 6) is 0.735. The molecule has 1 aromatic carbocycles. The minimum absolute atomic E-state index is 0.222. The highest BCUT2D eigenvalue weighted by atomic mass is 79.9. The zero-order valence-corrected chi connectivity index (χ0v) is 12.1. The lowest BCUT2D eigenvalue weighted by molar-refractivity contribution is 0.0953. The van der Waals surface area contributed by atoms with Crippen LogP contribution in [0.3, 0.4) is 0 Å². The fourth-order valence-electron chi connectivity index (χ4n) is 1.26. The van der Waals surface area contributed by atoms with E-state index in [1.165, 1.54) is 7.11 Å². The number of methoxy groups -OCH3 is 1. The second kappa shape index (κ2) is 6.76. The number of nitrogens with one attached hydrogen (secondary N) is 1. The number of hydrogen-bond donors (Lipinski definition) is 1. The standard InChI is InChI=1S/C11H14BrNO3S/c1-16-10-7-8(12)3-4-9(10)11(14)13-5-6-17(2)15/h3-4,7H,5-6H2,1-2H3,(H,13,14). The van der Waals surface area contributed by atoms with Crippen molar-refractivity contribution in [1.82, 2.24) is 5.32 Å². The van der Waals surface area contributed by atoms with Crippen molar-refractivity contribution < 1.29 is 13.7 Å². The van der Waals surface area contributed by atoms with Crippen molar-refractivity contribution in [2.45, 2.75) is 0 Å². The number of hydrogen-bond acceptors (Lipinski definition) is 3. The number of ether oxygens (including phenoxy) is 1. The molecule has 1 aromatic rings. The monoisotopic (exact) mass is 319 g/mol. The summed E-state index contributed by atoms with van der Waals surface area (Å²) in [4.78, 5) is 11.8. The van der Waals surface area contributed by atoms with Crippen molar-refractivity contribution in [1.29, 1.82) is 0 Å². The van der Waals surface area contributed by atoms with Crippen molar-refractivity contribution in [2.75, 3.05) is 25.7 Å². The van der Waals surface area contributed by atoms with Crippen LogP contribution < -0.4 is 10.1 Å². The molecule has 0 spiro atoms. The van der Waals surface area contributed by atoms with Crippen LogP contribution in [0.1, 0.15) is 10.4 Å². The fourth-order valence-corrected chi connectivity index (χ4v) is 1.99. The second-order valence-electron chi connectivity index (χ2n) is 3.38. The van der Waals surface area contributed by atoms with Crippen LogP contribution in [0.5, 0.6) is 5.75 Å². The van der Waals surface area contributed by atoms with Crippen molar-refractivity contribution in [3.8, 4) is 5.75 Å². The number of amides is 1. The van der Waals surface area contributed by atoms with Gasteiger partial charge in [0.1, 0.15) is 5.75 Å². The highest BCUT2D eigenvalue weighted by molar-refractivity contribution is 9.10. The molecule has 0 bridgehead atoms. The molecule has 0 heterocycles. The van der Waals surface area contributed by atoms with Gasteiger partial charge in [0, 0.05) is 33.8 Å². The van der Waals surface area contributed by atoms with Crippen LogP contribution in [0.2, 0.25) is 0 Å². The summed E-state index contributed by atoms with van der Waals surface area (Å²) in [5, 5.41) is 2.70. The molecule has 4 nitrogen and oxygen atoms in total. The van der Waals surface area contributed by atoms with Crippen LogP contribution >= 0.6 is 15.9 Å². The zero-order chi connectivity index (χ0) is 12.8. The van der Waals surface area contributed by atoms with Crippen LogP contribution in [-0.4, -0.2) is 35.8 Å². The maximum absolute atomic E-state index is 11.8. The molecule has 0 aliphatic rings. The van der Waals surface area contributed by atoms with Crippen molar-refractivity contribution in [3.05, 3.63) is 28.2 Å². The minimum Gasteiger partial charge on any atom is -0.496 e. The van der Waals surface area contributed by atoms with Crippen molar-refractivity contribution >= 4 is 32.6 Å². The van der Waals surface area contributed by atoms with E-state index in [4.69, 9.17) is 4.74 Å². The Kier molecular flexibility index (Phi) is 5.64. The van der Waals surface area contributed by atoms with Crippen LogP contribution in [0, 0.1) is 0 Å². The quantitative estimate of drug-likeness (QED) is 0.896. The molecule has 17 heavy (non-hydrogen) atoms. The van der Waals surface area contributed by atoms with E-state index in [-0.39, 0.29) is 5.91 Å². The molecule has 0 saturated carbocycles. The molecule has 0 radical (unpaired) electrons. The molecule has 1 unspecified atom stereocenters. The number of rotatable bonds is 5. The van der Waals surface area contributed by atoms with Crippen LogP contribution in [0.25, 0.3) is 0 Å². The van der Waals surface area contributed by atoms with Gasteiger partial charge in [-0.15, -0.1) is 0 Å². The SMILES string of the molecule is COc1cc(Br)ccc1C(=O)NCCS(C)=O. The third-order valence-electron chi connectivity index (χ3n) is 2.08. The first-order valence-corrected chi connectivity index (χ1v) is 7.48. The number of carbonyl (C=O) groups is 1. The van der Waals surface area contributed by atoms with E-state index in [9.17, 15) is 9.00 Å². The first kappa shape index (κ1) is 14.2. The Labute approximate surface area is 111 Å². The maximum Gasteiger partial charge on any atom is 0.255 e. The fraction of sp³-hybridized carbons (Fsp3) is 0.364. The summed E-state index contributed by atoms with van der Waals surface area (Å²) in [5.41, 5.74) is 0.470. The molecule has 6 heteroatoms. The molecule has 1 N–H and O–H groups in total. The van der Waals surface area contributed by atoms with E-state index < -0.39 is 10.8 Å². The van der Waals surface area contributed by atoms with Crippen LogP contribution in [0.15, 0.2) is 22.7 Å². The first-order chi connectivity index (χ1) is 8.04. The molecule has 0 fully saturated rings. The highest BCUT2D eigenvalue weighted by Gasteiger charge is 2.11. The lowest BCUT2D eigenvalue weighted by Crippen LogP contribution is -2.27. The molecule has 0 aromatic heterocycles. The van der Waals surface area contributed by atoms with Gasteiger partial charge in [0.05, 0.1) is 12.7 Å². The molecular formula is C11H14BrNO3S. The van der Waals surface area contributed by atoms with Crippen molar-refractivity contribution in [2.24, 2.45) is 0 Å². The molecule has 1 amide bonds. The average molecular weight is 320 g/mol. The van der Waals surface area contributed by atoms with E-state index in [0.717, 1.165) is 4.47 Å². The van der Waals surface area contributed by atoms with Gasteiger partial charge in [-0.25, -0.2) is 0 Å². The van der Waals surface area contributed by atoms with Crippen molar-refractivity contribution in [3.63, 3.8) is 0 Å². The van der Waals surface area contributed by atoms with Gasteiger partial charge >= 0.3 is 0 Å². The predicted octanol–water partition coefficient (Wildman–Crippen LogP) is 1.57. The van der Waals surface area contributed by atoms with Gasteiger partial charge in [-0.05, 0) is 18.2 Å². The maximum atomic E-state index is 11.8. The van der Waals surface area contributed by atoms with Gasteiger partial charge in [-0.2, -0.15) is 0 Å². The Morgan fingerprint density at radius 3 is 2.82 bits per heavy atom. The Morgan fingerprint density at radius 1 is 1.53 bits per heavy atom. The van der Waals surface area contributed by atoms with Gasteiger partial charge in [0.25, 0.3) is 5.91 Å².